The Kier molecular flexibility index (Phi) is 5.20. The average molecular weight is 319 g/mol. The first-order chi connectivity index (χ1) is 10.9. The van der Waals surface area contributed by atoms with Gasteiger partial charge < -0.3 is 21.1 Å². The standard InChI is InChI=1S/C16H21N3O4/c1-10-6-13(15(21)22)9-19(8-10)16(23)18-7-11-2-4-12(5-3-11)14(17)20/h2-5,10,13H,6-9H2,1H3,(H2,17,20)(H,18,23)(H,21,22). The number of nitrogens with zero attached hydrogens (tertiary/aromatic N) is 1. The molecule has 0 aromatic heterocycles. The highest BCUT2D eigenvalue weighted by Gasteiger charge is 2.31. The van der Waals surface area contributed by atoms with Gasteiger partial charge in [0.1, 0.15) is 0 Å². The SMILES string of the molecule is CC1CC(C(=O)O)CN(C(=O)NCc2ccc(C(N)=O)cc2)C1. The van der Waals surface area contributed by atoms with E-state index in [0.717, 1.165) is 5.56 Å². The van der Waals surface area contributed by atoms with Gasteiger partial charge in [-0.05, 0) is 30.0 Å². The third kappa shape index (κ3) is 4.45. The van der Waals surface area contributed by atoms with Crippen molar-refractivity contribution in [3.63, 3.8) is 0 Å². The van der Waals surface area contributed by atoms with Crippen molar-refractivity contribution < 1.29 is 19.5 Å². The molecule has 1 aliphatic heterocycles. The molecular formula is C16H21N3O4. The number of nitrogens with one attached hydrogen (secondary N) is 1. The molecule has 1 saturated heterocycles. The third-order valence-corrected chi connectivity index (χ3v) is 3.98. The Labute approximate surface area is 134 Å². The maximum absolute atomic E-state index is 12.2. The van der Waals surface area contributed by atoms with Crippen molar-refractivity contribution >= 4 is 17.9 Å². The third-order valence-electron chi connectivity index (χ3n) is 3.98. The Morgan fingerprint density at radius 3 is 2.48 bits per heavy atom. The lowest BCUT2D eigenvalue weighted by molar-refractivity contribution is -0.143. The van der Waals surface area contributed by atoms with Crippen LogP contribution in [-0.4, -0.2) is 41.0 Å². The number of amides is 3. The average Bonchev–Trinajstić information content (AvgIpc) is 2.52. The molecule has 23 heavy (non-hydrogen) atoms. The van der Waals surface area contributed by atoms with Crippen LogP contribution in [0.25, 0.3) is 0 Å². The number of aliphatic carboxylic acids is 1. The fourth-order valence-electron chi connectivity index (χ4n) is 2.77. The molecule has 7 heteroatoms. The molecule has 1 heterocycles. The molecule has 0 spiro atoms. The van der Waals surface area contributed by atoms with Crippen LogP contribution in [0.2, 0.25) is 0 Å². The second kappa shape index (κ2) is 7.13. The number of benzene rings is 1. The van der Waals surface area contributed by atoms with E-state index in [2.05, 4.69) is 5.32 Å². The van der Waals surface area contributed by atoms with E-state index in [4.69, 9.17) is 10.8 Å². The van der Waals surface area contributed by atoms with E-state index >= 15 is 0 Å². The van der Waals surface area contributed by atoms with Crippen molar-refractivity contribution in [3.05, 3.63) is 35.4 Å². The van der Waals surface area contributed by atoms with Gasteiger partial charge in [-0.1, -0.05) is 19.1 Å². The Morgan fingerprint density at radius 1 is 1.26 bits per heavy atom. The van der Waals surface area contributed by atoms with Crippen LogP contribution < -0.4 is 11.1 Å². The molecule has 2 unspecified atom stereocenters. The van der Waals surface area contributed by atoms with Gasteiger partial charge >= 0.3 is 12.0 Å². The van der Waals surface area contributed by atoms with E-state index in [1.165, 1.54) is 0 Å². The fourth-order valence-corrected chi connectivity index (χ4v) is 2.77. The van der Waals surface area contributed by atoms with Crippen LogP contribution in [0.5, 0.6) is 0 Å². The summed E-state index contributed by atoms with van der Waals surface area (Å²) in [6, 6.07) is 6.38. The molecule has 0 radical (unpaired) electrons. The van der Waals surface area contributed by atoms with Gasteiger partial charge in [-0.2, -0.15) is 0 Å². The molecule has 0 saturated carbocycles. The summed E-state index contributed by atoms with van der Waals surface area (Å²) in [7, 11) is 0. The highest BCUT2D eigenvalue weighted by Crippen LogP contribution is 2.21. The Balaban J connectivity index is 1.91. The van der Waals surface area contributed by atoms with Gasteiger partial charge in [0, 0.05) is 25.2 Å². The molecule has 4 N–H and O–H groups in total. The predicted octanol–water partition coefficient (Wildman–Crippen LogP) is 1.04. The molecule has 2 atom stereocenters. The van der Waals surface area contributed by atoms with E-state index in [-0.39, 0.29) is 18.5 Å². The van der Waals surface area contributed by atoms with E-state index in [1.807, 2.05) is 6.92 Å². The maximum atomic E-state index is 12.2. The lowest BCUT2D eigenvalue weighted by Gasteiger charge is -2.34. The van der Waals surface area contributed by atoms with Crippen molar-refractivity contribution in [2.75, 3.05) is 13.1 Å². The smallest absolute Gasteiger partial charge is 0.317 e. The van der Waals surface area contributed by atoms with Gasteiger partial charge in [0.05, 0.1) is 5.92 Å². The van der Waals surface area contributed by atoms with Crippen LogP contribution in [0.3, 0.4) is 0 Å². The van der Waals surface area contributed by atoms with Crippen LogP contribution in [-0.2, 0) is 11.3 Å². The van der Waals surface area contributed by atoms with Crippen LogP contribution in [0.15, 0.2) is 24.3 Å². The van der Waals surface area contributed by atoms with Crippen molar-refractivity contribution in [1.82, 2.24) is 10.2 Å². The number of hydrogen-bond donors (Lipinski definition) is 3. The number of carboxylic acid groups (broad SMARTS) is 1. The summed E-state index contributed by atoms with van der Waals surface area (Å²) in [6.45, 7) is 3.03. The molecule has 124 valence electrons. The van der Waals surface area contributed by atoms with E-state index in [0.29, 0.717) is 25.1 Å². The molecule has 7 nitrogen and oxygen atoms in total. The minimum absolute atomic E-state index is 0.158. The van der Waals surface area contributed by atoms with Crippen molar-refractivity contribution in [1.29, 1.82) is 0 Å². The normalized spacial score (nSPS) is 20.8. The van der Waals surface area contributed by atoms with E-state index in [9.17, 15) is 14.4 Å². The quantitative estimate of drug-likeness (QED) is 0.769. The zero-order valence-corrected chi connectivity index (χ0v) is 13.0. The number of nitrogens with two attached hydrogens (primary N) is 1. The van der Waals surface area contributed by atoms with Gasteiger partial charge in [0.15, 0.2) is 0 Å². The number of carbonyl (C=O) groups excluding carboxylic acids is 2. The zero-order chi connectivity index (χ0) is 17.0. The fraction of sp³-hybridized carbons (Fsp3) is 0.438. The lowest BCUT2D eigenvalue weighted by Crippen LogP contribution is -2.49. The second-order valence-corrected chi connectivity index (χ2v) is 6.00. The number of urea groups is 1. The highest BCUT2D eigenvalue weighted by atomic mass is 16.4. The number of piperidine rings is 1. The van der Waals surface area contributed by atoms with Gasteiger partial charge in [-0.25, -0.2) is 4.79 Å². The topological polar surface area (TPSA) is 113 Å². The summed E-state index contributed by atoms with van der Waals surface area (Å²) < 4.78 is 0. The summed E-state index contributed by atoms with van der Waals surface area (Å²) in [5, 5.41) is 11.9. The molecule has 1 fully saturated rings. The first kappa shape index (κ1) is 16.8. The molecule has 0 bridgehead atoms. The van der Waals surface area contributed by atoms with E-state index < -0.39 is 17.8 Å². The highest BCUT2D eigenvalue weighted by molar-refractivity contribution is 5.92. The van der Waals surface area contributed by atoms with Crippen molar-refractivity contribution in [2.24, 2.45) is 17.6 Å². The Morgan fingerprint density at radius 2 is 1.91 bits per heavy atom. The van der Waals surface area contributed by atoms with Crippen LogP contribution >= 0.6 is 0 Å². The molecule has 1 aliphatic rings. The second-order valence-electron chi connectivity index (χ2n) is 6.00. The number of carbonyl (C=O) groups is 3. The predicted molar refractivity (Wildman–Crippen MR) is 83.7 cm³/mol. The van der Waals surface area contributed by atoms with Crippen molar-refractivity contribution in [2.45, 2.75) is 19.9 Å². The van der Waals surface area contributed by atoms with Gasteiger partial charge in [0.25, 0.3) is 0 Å². The Bertz CT molecular complexity index is 600. The lowest BCUT2D eigenvalue weighted by atomic mass is 9.91. The van der Waals surface area contributed by atoms with E-state index in [1.54, 1.807) is 29.2 Å². The van der Waals surface area contributed by atoms with Gasteiger partial charge in [0.2, 0.25) is 5.91 Å². The van der Waals surface area contributed by atoms with Gasteiger partial charge in [-0.3, -0.25) is 9.59 Å². The molecular weight excluding hydrogens is 298 g/mol. The molecule has 3 amide bonds. The minimum atomic E-state index is -0.864. The summed E-state index contributed by atoms with van der Waals surface area (Å²) >= 11 is 0. The minimum Gasteiger partial charge on any atom is -0.481 e. The van der Waals surface area contributed by atoms with Gasteiger partial charge in [-0.15, -0.1) is 0 Å². The zero-order valence-electron chi connectivity index (χ0n) is 13.0. The first-order valence-corrected chi connectivity index (χ1v) is 7.51. The number of carboxylic acids is 1. The monoisotopic (exact) mass is 319 g/mol. The number of likely N-dealkylation sites (tertiary alicyclic amines) is 1. The van der Waals surface area contributed by atoms with Crippen molar-refractivity contribution in [3.8, 4) is 0 Å². The summed E-state index contributed by atoms with van der Waals surface area (Å²) in [4.78, 5) is 35.9. The number of hydrogen-bond acceptors (Lipinski definition) is 3. The maximum Gasteiger partial charge on any atom is 0.317 e. The first-order valence-electron chi connectivity index (χ1n) is 7.51. The molecule has 1 aromatic carbocycles. The summed E-state index contributed by atoms with van der Waals surface area (Å²) in [5.74, 6) is -1.72. The van der Waals surface area contributed by atoms with Crippen LogP contribution in [0.4, 0.5) is 4.79 Å². The summed E-state index contributed by atoms with van der Waals surface area (Å²) in [6.07, 6.45) is 0.591. The summed E-state index contributed by atoms with van der Waals surface area (Å²) in [5.41, 5.74) is 6.42. The molecule has 1 aromatic rings. The Hall–Kier alpha value is -2.57. The number of rotatable bonds is 4. The van der Waals surface area contributed by atoms with Crippen LogP contribution in [0, 0.1) is 11.8 Å². The largest absolute Gasteiger partial charge is 0.481 e. The number of primary amides is 1. The molecule has 2 rings (SSSR count). The molecule has 0 aliphatic carbocycles. The van der Waals surface area contributed by atoms with Crippen LogP contribution in [0.1, 0.15) is 29.3 Å².